The first kappa shape index (κ1) is 19.8. The minimum absolute atomic E-state index is 0.0520. The van der Waals surface area contributed by atoms with E-state index in [1.165, 1.54) is 17.3 Å². The number of hydrogen-bond donors (Lipinski definition) is 1. The van der Waals surface area contributed by atoms with E-state index in [1.54, 1.807) is 25.3 Å². The van der Waals surface area contributed by atoms with Gasteiger partial charge in [-0.15, -0.1) is 0 Å². The highest BCUT2D eigenvalue weighted by Gasteiger charge is 2.22. The maximum absolute atomic E-state index is 12.5. The molecule has 0 spiro atoms. The van der Waals surface area contributed by atoms with Crippen LogP contribution >= 0.6 is 0 Å². The number of hydrogen-bond acceptors (Lipinski definition) is 5. The van der Waals surface area contributed by atoms with Crippen LogP contribution in [0.5, 0.6) is 0 Å². The molecule has 1 aliphatic rings. The zero-order valence-corrected chi connectivity index (χ0v) is 16.8. The van der Waals surface area contributed by atoms with Gasteiger partial charge in [-0.25, -0.2) is 0 Å². The molecule has 0 radical (unpaired) electrons. The van der Waals surface area contributed by atoms with Crippen molar-refractivity contribution in [2.75, 3.05) is 6.54 Å². The Hall–Kier alpha value is -3.55. The lowest BCUT2D eigenvalue weighted by atomic mass is 9.95. The largest absolute Gasteiger partial charge is 0.350 e. The highest BCUT2D eigenvalue weighted by molar-refractivity contribution is 5.94. The van der Waals surface area contributed by atoms with Gasteiger partial charge in [0.25, 0.3) is 11.6 Å². The molecular weight excluding hydrogens is 382 g/mol. The molecule has 3 aromatic rings. The second kappa shape index (κ2) is 8.44. The number of nitro groups is 1. The number of amides is 1. The molecule has 0 unspecified atom stereocenters. The monoisotopic (exact) mass is 405 g/mol. The van der Waals surface area contributed by atoms with E-state index in [1.807, 2.05) is 22.9 Å². The number of carbonyl (C=O) groups is 1. The van der Waals surface area contributed by atoms with Gasteiger partial charge in [-0.2, -0.15) is 5.10 Å². The molecule has 8 heteroatoms. The van der Waals surface area contributed by atoms with Crippen molar-refractivity contribution in [3.63, 3.8) is 0 Å². The topological polar surface area (TPSA) is 103 Å². The molecule has 0 fully saturated rings. The summed E-state index contributed by atoms with van der Waals surface area (Å²) in [6.45, 7) is 2.57. The van der Waals surface area contributed by atoms with Gasteiger partial charge in [0, 0.05) is 41.2 Å². The number of carbonyl (C=O) groups excluding carboxylic acids is 1. The summed E-state index contributed by atoms with van der Waals surface area (Å²) < 4.78 is 1.97. The van der Waals surface area contributed by atoms with Gasteiger partial charge in [0.1, 0.15) is 5.69 Å². The fraction of sp³-hybridized carbons (Fsp3) is 0.318. The first-order chi connectivity index (χ1) is 14.5. The third kappa shape index (κ3) is 3.94. The quantitative estimate of drug-likeness (QED) is 0.500. The van der Waals surface area contributed by atoms with Crippen LogP contribution < -0.4 is 5.32 Å². The maximum Gasteiger partial charge on any atom is 0.273 e. The zero-order valence-electron chi connectivity index (χ0n) is 16.8. The number of fused-ring (bicyclic) bond motifs is 1. The molecule has 1 aliphatic carbocycles. The van der Waals surface area contributed by atoms with Crippen molar-refractivity contribution in [3.8, 4) is 11.4 Å². The Kier molecular flexibility index (Phi) is 5.56. The summed E-state index contributed by atoms with van der Waals surface area (Å²) in [5.41, 5.74) is 5.01. The third-order valence-electron chi connectivity index (χ3n) is 5.44. The van der Waals surface area contributed by atoms with E-state index in [2.05, 4.69) is 10.3 Å². The lowest BCUT2D eigenvalue weighted by Gasteiger charge is -2.14. The Labute approximate surface area is 174 Å². The molecule has 8 nitrogen and oxygen atoms in total. The Morgan fingerprint density at radius 1 is 1.23 bits per heavy atom. The van der Waals surface area contributed by atoms with Gasteiger partial charge in [-0.05, 0) is 50.8 Å². The van der Waals surface area contributed by atoms with Crippen molar-refractivity contribution in [1.82, 2.24) is 20.1 Å². The molecule has 1 aromatic carbocycles. The molecule has 2 heterocycles. The number of benzene rings is 1. The summed E-state index contributed by atoms with van der Waals surface area (Å²) >= 11 is 0. The van der Waals surface area contributed by atoms with Crippen LogP contribution in [-0.2, 0) is 19.4 Å². The lowest BCUT2D eigenvalue weighted by Crippen LogP contribution is -2.28. The smallest absolute Gasteiger partial charge is 0.273 e. The van der Waals surface area contributed by atoms with Gasteiger partial charge in [-0.1, -0.05) is 12.1 Å². The van der Waals surface area contributed by atoms with E-state index in [4.69, 9.17) is 5.10 Å². The van der Waals surface area contributed by atoms with E-state index < -0.39 is 4.92 Å². The molecule has 0 saturated heterocycles. The normalized spacial score (nSPS) is 13.0. The Bertz CT molecular complexity index is 1090. The SMILES string of the molecule is Cc1ccc(C(=O)NCCn2nc(-c3ccccn3)c3c2CCCC3)cc1[N+](=O)[O-]. The highest BCUT2D eigenvalue weighted by atomic mass is 16.6. The minimum Gasteiger partial charge on any atom is -0.350 e. The van der Waals surface area contributed by atoms with E-state index in [9.17, 15) is 14.9 Å². The van der Waals surface area contributed by atoms with Crippen molar-refractivity contribution >= 4 is 11.6 Å². The van der Waals surface area contributed by atoms with Crippen molar-refractivity contribution < 1.29 is 9.72 Å². The summed E-state index contributed by atoms with van der Waals surface area (Å²) in [7, 11) is 0. The number of aryl methyl sites for hydroxylation is 1. The molecule has 0 atom stereocenters. The van der Waals surface area contributed by atoms with E-state index in [0.717, 1.165) is 37.1 Å². The summed E-state index contributed by atoms with van der Waals surface area (Å²) in [4.78, 5) is 27.5. The molecule has 154 valence electrons. The molecule has 4 rings (SSSR count). The molecule has 2 aromatic heterocycles. The summed E-state index contributed by atoms with van der Waals surface area (Å²) in [6, 6.07) is 10.3. The molecule has 1 N–H and O–H groups in total. The first-order valence-corrected chi connectivity index (χ1v) is 10.1. The standard InChI is InChI=1S/C22H23N5O3/c1-15-9-10-16(14-20(15)27(29)30)22(28)24-12-13-26-19-8-3-2-6-17(19)21(25-26)18-7-4-5-11-23-18/h4-5,7,9-11,14H,2-3,6,8,12-13H2,1H3,(H,24,28). The van der Waals surface area contributed by atoms with Crippen LogP contribution in [0.15, 0.2) is 42.6 Å². The van der Waals surface area contributed by atoms with Crippen LogP contribution in [0.1, 0.15) is 40.0 Å². The summed E-state index contributed by atoms with van der Waals surface area (Å²) in [5.74, 6) is -0.330. The van der Waals surface area contributed by atoms with Gasteiger partial charge in [0.05, 0.1) is 17.2 Å². The Morgan fingerprint density at radius 2 is 2.07 bits per heavy atom. The predicted octanol–water partition coefficient (Wildman–Crippen LogP) is 3.47. The molecule has 0 bridgehead atoms. The number of pyridine rings is 1. The number of nitrogens with zero attached hydrogens (tertiary/aromatic N) is 4. The maximum atomic E-state index is 12.5. The van der Waals surface area contributed by atoms with Gasteiger partial charge in [0.15, 0.2) is 0 Å². The van der Waals surface area contributed by atoms with Crippen molar-refractivity contribution in [3.05, 3.63) is 75.1 Å². The molecular formula is C22H23N5O3. The van der Waals surface area contributed by atoms with Crippen LogP contribution in [0, 0.1) is 17.0 Å². The predicted molar refractivity (Wildman–Crippen MR) is 112 cm³/mol. The van der Waals surface area contributed by atoms with Crippen LogP contribution in [0.2, 0.25) is 0 Å². The van der Waals surface area contributed by atoms with Crippen molar-refractivity contribution in [1.29, 1.82) is 0 Å². The first-order valence-electron chi connectivity index (χ1n) is 10.1. The van der Waals surface area contributed by atoms with Gasteiger partial charge >= 0.3 is 0 Å². The molecule has 0 saturated carbocycles. The summed E-state index contributed by atoms with van der Waals surface area (Å²) in [5, 5.41) is 18.8. The van der Waals surface area contributed by atoms with Crippen LogP contribution in [0.25, 0.3) is 11.4 Å². The van der Waals surface area contributed by atoms with Crippen LogP contribution in [0.3, 0.4) is 0 Å². The average Bonchev–Trinajstić information content (AvgIpc) is 3.13. The highest BCUT2D eigenvalue weighted by Crippen LogP contribution is 2.30. The van der Waals surface area contributed by atoms with Gasteiger partial charge in [0.2, 0.25) is 0 Å². The van der Waals surface area contributed by atoms with E-state index in [-0.39, 0.29) is 17.2 Å². The second-order valence-electron chi connectivity index (χ2n) is 7.43. The fourth-order valence-corrected chi connectivity index (χ4v) is 3.89. The number of nitro benzene ring substituents is 1. The molecule has 0 aliphatic heterocycles. The van der Waals surface area contributed by atoms with Crippen molar-refractivity contribution in [2.24, 2.45) is 0 Å². The van der Waals surface area contributed by atoms with E-state index >= 15 is 0 Å². The summed E-state index contributed by atoms with van der Waals surface area (Å²) in [6.07, 6.45) is 5.99. The third-order valence-corrected chi connectivity index (χ3v) is 5.44. The Morgan fingerprint density at radius 3 is 2.83 bits per heavy atom. The van der Waals surface area contributed by atoms with Gasteiger partial charge in [-0.3, -0.25) is 24.6 Å². The average molecular weight is 405 g/mol. The molecule has 30 heavy (non-hydrogen) atoms. The molecule has 1 amide bonds. The number of rotatable bonds is 6. The van der Waals surface area contributed by atoms with Crippen molar-refractivity contribution in [2.45, 2.75) is 39.2 Å². The number of aromatic nitrogens is 3. The number of nitrogens with one attached hydrogen (secondary N) is 1. The Balaban J connectivity index is 1.48. The lowest BCUT2D eigenvalue weighted by molar-refractivity contribution is -0.385. The van der Waals surface area contributed by atoms with Gasteiger partial charge < -0.3 is 5.32 Å². The second-order valence-corrected chi connectivity index (χ2v) is 7.43. The zero-order chi connectivity index (χ0) is 21.1. The minimum atomic E-state index is -0.471. The fourth-order valence-electron chi connectivity index (χ4n) is 3.89. The van der Waals surface area contributed by atoms with E-state index in [0.29, 0.717) is 18.7 Å². The van der Waals surface area contributed by atoms with Crippen LogP contribution in [-0.4, -0.2) is 32.1 Å². The van der Waals surface area contributed by atoms with Crippen LogP contribution in [0.4, 0.5) is 5.69 Å².